The largest absolute Gasteiger partial charge is 0.325 e. The van der Waals surface area contributed by atoms with Crippen LogP contribution in [0.2, 0.25) is 0 Å². The van der Waals surface area contributed by atoms with E-state index in [0.29, 0.717) is 5.71 Å². The fourth-order valence-corrected chi connectivity index (χ4v) is 1.54. The third-order valence-corrected chi connectivity index (χ3v) is 2.27. The van der Waals surface area contributed by atoms with E-state index in [1.165, 1.54) is 0 Å². The molecule has 0 amide bonds. The molecule has 0 saturated heterocycles. The molecule has 0 bridgehead atoms. The minimum absolute atomic E-state index is 0.524. The van der Waals surface area contributed by atoms with E-state index < -0.39 is 10.1 Å². The van der Waals surface area contributed by atoms with Gasteiger partial charge in [-0.3, -0.25) is 4.28 Å². The van der Waals surface area contributed by atoms with Gasteiger partial charge in [0.1, 0.15) is 5.71 Å². The zero-order valence-electron chi connectivity index (χ0n) is 8.04. The summed E-state index contributed by atoms with van der Waals surface area (Å²) in [4.78, 5) is 0. The summed E-state index contributed by atoms with van der Waals surface area (Å²) >= 11 is 0. The minimum Gasteiger partial charge on any atom is -0.268 e. The molecule has 4 nitrogen and oxygen atoms in total. The summed E-state index contributed by atoms with van der Waals surface area (Å²) in [6, 6.07) is 7.56. The Hall–Kier alpha value is -1.62. The van der Waals surface area contributed by atoms with Gasteiger partial charge in [-0.15, -0.1) is 0 Å². The molecule has 0 aliphatic heterocycles. The lowest BCUT2D eigenvalue weighted by molar-refractivity contribution is 0.344. The van der Waals surface area contributed by atoms with Crippen molar-refractivity contribution in [3.05, 3.63) is 41.5 Å². The monoisotopic (exact) mass is 223 g/mol. The molecular weight excluding hydrogens is 214 g/mol. The smallest absolute Gasteiger partial charge is 0.268 e. The molecule has 0 atom stereocenters. The number of allylic oxidation sites excluding steroid dienone is 1. The molecule has 1 aliphatic rings. The van der Waals surface area contributed by atoms with Crippen molar-refractivity contribution in [2.75, 3.05) is 6.26 Å². The first-order valence-electron chi connectivity index (χ1n) is 4.30. The Balaban J connectivity index is 2.32. The Morgan fingerprint density at radius 2 is 1.93 bits per heavy atom. The highest BCUT2D eigenvalue weighted by Crippen LogP contribution is 2.19. The fourth-order valence-electron chi connectivity index (χ4n) is 1.32. The number of hydrogen-bond acceptors (Lipinski definition) is 4. The molecule has 0 unspecified atom stereocenters. The van der Waals surface area contributed by atoms with Crippen LogP contribution in [0.25, 0.3) is 6.08 Å². The van der Waals surface area contributed by atoms with E-state index in [0.717, 1.165) is 17.4 Å². The highest BCUT2D eigenvalue weighted by atomic mass is 32.2. The van der Waals surface area contributed by atoms with Crippen molar-refractivity contribution < 1.29 is 12.7 Å². The van der Waals surface area contributed by atoms with E-state index in [2.05, 4.69) is 9.44 Å². The van der Waals surface area contributed by atoms with Crippen LogP contribution in [-0.2, 0) is 14.4 Å². The zero-order chi connectivity index (χ0) is 10.9. The molecule has 0 radical (unpaired) electrons. The lowest BCUT2D eigenvalue weighted by Gasteiger charge is -1.98. The van der Waals surface area contributed by atoms with Gasteiger partial charge in [-0.25, -0.2) is 0 Å². The molecule has 0 spiro atoms. The van der Waals surface area contributed by atoms with Gasteiger partial charge in [-0.05, 0) is 11.6 Å². The third-order valence-electron chi connectivity index (χ3n) is 1.93. The fraction of sp³-hybridized carbons (Fsp3) is 0.100. The lowest BCUT2D eigenvalue weighted by atomic mass is 10.1. The number of oxime groups is 1. The van der Waals surface area contributed by atoms with Gasteiger partial charge in [0.2, 0.25) is 0 Å². The second kappa shape index (κ2) is 3.51. The number of benzene rings is 1. The maximum Gasteiger partial charge on any atom is 0.325 e. The quantitative estimate of drug-likeness (QED) is 0.712. The highest BCUT2D eigenvalue weighted by Gasteiger charge is 2.12. The van der Waals surface area contributed by atoms with E-state index in [-0.39, 0.29) is 0 Å². The summed E-state index contributed by atoms with van der Waals surface area (Å²) < 4.78 is 25.9. The molecule has 5 heteroatoms. The van der Waals surface area contributed by atoms with E-state index in [1.807, 2.05) is 30.3 Å². The van der Waals surface area contributed by atoms with Crippen molar-refractivity contribution in [3.8, 4) is 0 Å². The van der Waals surface area contributed by atoms with Gasteiger partial charge < -0.3 is 0 Å². The predicted octanol–water partition coefficient (Wildman–Crippen LogP) is 1.39. The standard InChI is InChI=1S/C10H9NO3S/c1-15(12,13)14-11-10-7-6-8-4-2-3-5-9(8)10/h2-7H,1H3. The molecular formula is C10H9NO3S. The first kappa shape index (κ1) is 9.92. The topological polar surface area (TPSA) is 55.7 Å². The number of hydrogen-bond donors (Lipinski definition) is 0. The van der Waals surface area contributed by atoms with Crippen LogP contribution in [0.3, 0.4) is 0 Å². The summed E-state index contributed by atoms with van der Waals surface area (Å²) in [5, 5.41) is 3.58. The molecule has 1 aromatic carbocycles. The molecule has 15 heavy (non-hydrogen) atoms. The maximum atomic E-state index is 10.7. The minimum atomic E-state index is -3.54. The van der Waals surface area contributed by atoms with Crippen molar-refractivity contribution in [1.82, 2.24) is 0 Å². The first-order chi connectivity index (χ1) is 7.06. The van der Waals surface area contributed by atoms with Crippen LogP contribution in [0.15, 0.2) is 35.5 Å². The summed E-state index contributed by atoms with van der Waals surface area (Å²) in [5.74, 6) is 0. The van der Waals surface area contributed by atoms with E-state index in [4.69, 9.17) is 0 Å². The number of fused-ring (bicyclic) bond motifs is 1. The molecule has 0 saturated carbocycles. The molecule has 0 N–H and O–H groups in total. The SMILES string of the molecule is CS(=O)(=O)ON=C1C=Cc2ccccc21. The summed E-state index contributed by atoms with van der Waals surface area (Å²) in [6.07, 6.45) is 4.54. The van der Waals surface area contributed by atoms with Gasteiger partial charge in [0.15, 0.2) is 0 Å². The second-order valence-corrected chi connectivity index (χ2v) is 4.73. The molecule has 1 aromatic rings. The number of nitrogens with zero attached hydrogens (tertiary/aromatic N) is 1. The Kier molecular flexibility index (Phi) is 2.32. The van der Waals surface area contributed by atoms with Gasteiger partial charge >= 0.3 is 10.1 Å². The van der Waals surface area contributed by atoms with Crippen LogP contribution in [0.4, 0.5) is 0 Å². The van der Waals surface area contributed by atoms with Gasteiger partial charge in [0.05, 0.1) is 6.26 Å². The van der Waals surface area contributed by atoms with Gasteiger partial charge in [-0.2, -0.15) is 8.42 Å². The van der Waals surface area contributed by atoms with E-state index in [9.17, 15) is 8.42 Å². The molecule has 1 aliphatic carbocycles. The molecule has 78 valence electrons. The van der Waals surface area contributed by atoms with Crippen LogP contribution < -0.4 is 0 Å². The highest BCUT2D eigenvalue weighted by molar-refractivity contribution is 7.85. The Bertz CT molecular complexity index is 544. The van der Waals surface area contributed by atoms with Crippen LogP contribution in [0, 0.1) is 0 Å². The van der Waals surface area contributed by atoms with Gasteiger partial charge in [0, 0.05) is 5.56 Å². The van der Waals surface area contributed by atoms with Crippen molar-refractivity contribution in [2.45, 2.75) is 0 Å². The Labute approximate surface area is 88.0 Å². The normalized spacial score (nSPS) is 16.7. The third kappa shape index (κ3) is 2.24. The van der Waals surface area contributed by atoms with Crippen molar-refractivity contribution in [3.63, 3.8) is 0 Å². The molecule has 2 rings (SSSR count). The molecule has 0 fully saturated rings. The average molecular weight is 223 g/mol. The van der Waals surface area contributed by atoms with Crippen molar-refractivity contribution in [2.24, 2.45) is 5.16 Å². The number of rotatable bonds is 2. The zero-order valence-corrected chi connectivity index (χ0v) is 8.86. The Morgan fingerprint density at radius 1 is 1.20 bits per heavy atom. The molecule has 0 aromatic heterocycles. The van der Waals surface area contributed by atoms with Crippen LogP contribution in [-0.4, -0.2) is 20.4 Å². The molecule has 0 heterocycles. The summed E-state index contributed by atoms with van der Waals surface area (Å²) in [6.45, 7) is 0. The van der Waals surface area contributed by atoms with Crippen LogP contribution in [0.1, 0.15) is 11.1 Å². The average Bonchev–Trinajstić information content (AvgIpc) is 2.57. The van der Waals surface area contributed by atoms with Crippen molar-refractivity contribution in [1.29, 1.82) is 0 Å². The lowest BCUT2D eigenvalue weighted by Crippen LogP contribution is -2.01. The van der Waals surface area contributed by atoms with Gasteiger partial charge in [0.25, 0.3) is 0 Å². The predicted molar refractivity (Wildman–Crippen MR) is 57.9 cm³/mol. The summed E-state index contributed by atoms with van der Waals surface area (Å²) in [5.41, 5.74) is 2.41. The maximum absolute atomic E-state index is 10.7. The van der Waals surface area contributed by atoms with Gasteiger partial charge in [-0.1, -0.05) is 35.5 Å². The van der Waals surface area contributed by atoms with E-state index >= 15 is 0 Å². The van der Waals surface area contributed by atoms with E-state index in [1.54, 1.807) is 6.08 Å². The Morgan fingerprint density at radius 3 is 2.67 bits per heavy atom. The van der Waals surface area contributed by atoms with Crippen molar-refractivity contribution >= 4 is 21.9 Å². The first-order valence-corrected chi connectivity index (χ1v) is 6.12. The second-order valence-electron chi connectivity index (χ2n) is 3.18. The summed E-state index contributed by atoms with van der Waals surface area (Å²) in [7, 11) is -3.54. The van der Waals surface area contributed by atoms with Crippen LogP contribution >= 0.6 is 0 Å². The van der Waals surface area contributed by atoms with Crippen LogP contribution in [0.5, 0.6) is 0 Å².